The van der Waals surface area contributed by atoms with E-state index in [4.69, 9.17) is 11.6 Å². The number of nitrogens with zero attached hydrogens (tertiary/aromatic N) is 2. The minimum Gasteiger partial charge on any atom is -0.341 e. The highest BCUT2D eigenvalue weighted by molar-refractivity contribution is 7.89. The second-order valence-corrected chi connectivity index (χ2v) is 9.95. The Morgan fingerprint density at radius 1 is 1.03 bits per heavy atom. The lowest BCUT2D eigenvalue weighted by Crippen LogP contribution is -2.43. The van der Waals surface area contributed by atoms with Crippen LogP contribution in [0.1, 0.15) is 35.7 Å². The van der Waals surface area contributed by atoms with Crippen molar-refractivity contribution in [2.75, 3.05) is 20.1 Å². The highest BCUT2D eigenvalue weighted by atomic mass is 35.5. The van der Waals surface area contributed by atoms with Crippen LogP contribution in [0.2, 0.25) is 5.02 Å². The molecule has 30 heavy (non-hydrogen) atoms. The van der Waals surface area contributed by atoms with E-state index in [1.165, 1.54) is 35.5 Å². The van der Waals surface area contributed by atoms with Gasteiger partial charge in [0, 0.05) is 43.2 Å². The smallest absolute Gasteiger partial charge is 0.243 e. The second-order valence-electron chi connectivity index (χ2n) is 7.58. The highest BCUT2D eigenvalue weighted by Crippen LogP contribution is 2.25. The molecule has 0 spiro atoms. The lowest BCUT2D eigenvalue weighted by molar-refractivity contribution is -0.135. The SMILES string of the molecule is CC(=O)c1ccc(S(=O)(=O)N2CCC(C(=O)N(C)Cc3ccc(Cl)cc3)CC2)cc1. The van der Waals surface area contributed by atoms with Gasteiger partial charge in [0.1, 0.15) is 0 Å². The molecule has 6 nitrogen and oxygen atoms in total. The van der Waals surface area contributed by atoms with Gasteiger partial charge in [0.15, 0.2) is 5.78 Å². The molecular formula is C22H25ClN2O4S. The monoisotopic (exact) mass is 448 g/mol. The normalized spacial score (nSPS) is 15.7. The molecule has 160 valence electrons. The summed E-state index contributed by atoms with van der Waals surface area (Å²) >= 11 is 5.90. The molecule has 0 aliphatic carbocycles. The molecule has 2 aromatic carbocycles. The number of amides is 1. The van der Waals surface area contributed by atoms with E-state index >= 15 is 0 Å². The fraction of sp³-hybridized carbons (Fsp3) is 0.364. The molecule has 1 heterocycles. The molecular weight excluding hydrogens is 424 g/mol. The van der Waals surface area contributed by atoms with E-state index in [-0.39, 0.29) is 22.5 Å². The maximum atomic E-state index is 12.9. The van der Waals surface area contributed by atoms with Crippen molar-refractivity contribution in [3.63, 3.8) is 0 Å². The van der Waals surface area contributed by atoms with Gasteiger partial charge in [0.2, 0.25) is 15.9 Å². The van der Waals surface area contributed by atoms with E-state index in [0.717, 1.165) is 5.56 Å². The zero-order valence-electron chi connectivity index (χ0n) is 17.0. The number of hydrogen-bond donors (Lipinski definition) is 0. The van der Waals surface area contributed by atoms with Crippen LogP contribution in [0.4, 0.5) is 0 Å². The summed E-state index contributed by atoms with van der Waals surface area (Å²) in [7, 11) is -1.88. The van der Waals surface area contributed by atoms with Crippen molar-refractivity contribution < 1.29 is 18.0 Å². The van der Waals surface area contributed by atoms with Crippen LogP contribution in [0, 0.1) is 5.92 Å². The molecule has 2 aromatic rings. The summed E-state index contributed by atoms with van der Waals surface area (Å²) in [5.74, 6) is -0.289. The van der Waals surface area contributed by atoms with E-state index in [0.29, 0.717) is 43.1 Å². The van der Waals surface area contributed by atoms with Gasteiger partial charge in [-0.25, -0.2) is 8.42 Å². The summed E-state index contributed by atoms with van der Waals surface area (Å²) in [6, 6.07) is 13.3. The number of piperidine rings is 1. The number of sulfonamides is 1. The highest BCUT2D eigenvalue weighted by Gasteiger charge is 2.33. The predicted octanol–water partition coefficient (Wildman–Crippen LogP) is 3.60. The number of carbonyl (C=O) groups is 2. The molecule has 1 amide bonds. The maximum Gasteiger partial charge on any atom is 0.243 e. The summed E-state index contributed by atoms with van der Waals surface area (Å²) < 4.78 is 27.2. The Morgan fingerprint density at radius 3 is 2.13 bits per heavy atom. The Kier molecular flexibility index (Phi) is 6.95. The fourth-order valence-corrected chi connectivity index (χ4v) is 5.20. The number of rotatable bonds is 6. The molecule has 0 radical (unpaired) electrons. The number of hydrogen-bond acceptors (Lipinski definition) is 4. The third-order valence-electron chi connectivity index (χ3n) is 5.41. The van der Waals surface area contributed by atoms with Gasteiger partial charge in [0.05, 0.1) is 4.90 Å². The van der Waals surface area contributed by atoms with Gasteiger partial charge in [-0.05, 0) is 49.6 Å². The van der Waals surface area contributed by atoms with Gasteiger partial charge >= 0.3 is 0 Å². The number of carbonyl (C=O) groups excluding carboxylic acids is 2. The summed E-state index contributed by atoms with van der Waals surface area (Å²) in [5, 5.41) is 0.650. The topological polar surface area (TPSA) is 74.8 Å². The minimum atomic E-state index is -3.64. The first kappa shape index (κ1) is 22.5. The van der Waals surface area contributed by atoms with E-state index in [9.17, 15) is 18.0 Å². The van der Waals surface area contributed by atoms with Gasteiger partial charge in [-0.15, -0.1) is 0 Å². The Bertz CT molecular complexity index is 1010. The van der Waals surface area contributed by atoms with E-state index in [1.807, 2.05) is 12.1 Å². The van der Waals surface area contributed by atoms with Crippen molar-refractivity contribution >= 4 is 33.3 Å². The Morgan fingerprint density at radius 2 is 1.60 bits per heavy atom. The van der Waals surface area contributed by atoms with Crippen molar-refractivity contribution in [3.05, 3.63) is 64.7 Å². The van der Waals surface area contributed by atoms with Crippen molar-refractivity contribution in [1.29, 1.82) is 0 Å². The first-order chi connectivity index (χ1) is 14.2. The lowest BCUT2D eigenvalue weighted by atomic mass is 9.96. The maximum absolute atomic E-state index is 12.9. The number of ketones is 1. The summed E-state index contributed by atoms with van der Waals surface area (Å²) in [4.78, 5) is 26.0. The van der Waals surface area contributed by atoms with Gasteiger partial charge in [0.25, 0.3) is 0 Å². The molecule has 3 rings (SSSR count). The molecule has 0 N–H and O–H groups in total. The summed E-state index contributed by atoms with van der Waals surface area (Å²) in [6.07, 6.45) is 0.961. The van der Waals surface area contributed by atoms with Crippen LogP contribution in [0.3, 0.4) is 0 Å². The Labute approximate surface area is 182 Å². The number of benzene rings is 2. The molecule has 0 atom stereocenters. The van der Waals surface area contributed by atoms with Crippen LogP contribution in [0.5, 0.6) is 0 Å². The van der Waals surface area contributed by atoms with Crippen LogP contribution in [-0.4, -0.2) is 49.5 Å². The largest absolute Gasteiger partial charge is 0.341 e. The van der Waals surface area contributed by atoms with Crippen LogP contribution >= 0.6 is 11.6 Å². The van der Waals surface area contributed by atoms with E-state index < -0.39 is 10.0 Å². The molecule has 0 unspecified atom stereocenters. The second kappa shape index (κ2) is 9.29. The first-order valence-electron chi connectivity index (χ1n) is 9.79. The third kappa shape index (κ3) is 5.09. The molecule has 0 bridgehead atoms. The molecule has 1 aliphatic heterocycles. The van der Waals surface area contributed by atoms with Gasteiger partial charge in [-0.1, -0.05) is 35.9 Å². The lowest BCUT2D eigenvalue weighted by Gasteiger charge is -2.32. The van der Waals surface area contributed by atoms with E-state index in [2.05, 4.69) is 0 Å². The predicted molar refractivity (Wildman–Crippen MR) is 116 cm³/mol. The molecule has 1 aliphatic rings. The molecule has 1 saturated heterocycles. The van der Waals surface area contributed by atoms with Crippen LogP contribution in [-0.2, 0) is 21.4 Å². The number of Topliss-reactive ketones (excluding diaryl/α,β-unsaturated/α-hetero) is 1. The standard InChI is InChI=1S/C22H25ClN2O4S/c1-16(26)18-5-9-21(10-6-18)30(28,29)25-13-11-19(12-14-25)22(27)24(2)15-17-3-7-20(23)8-4-17/h3-10,19H,11-15H2,1-2H3. The third-order valence-corrected chi connectivity index (χ3v) is 7.58. The van der Waals surface area contributed by atoms with Gasteiger partial charge < -0.3 is 4.90 Å². The fourth-order valence-electron chi connectivity index (χ4n) is 3.61. The summed E-state index contributed by atoms with van der Waals surface area (Å²) in [5.41, 5.74) is 1.46. The van der Waals surface area contributed by atoms with Gasteiger partial charge in [-0.2, -0.15) is 4.31 Å². The van der Waals surface area contributed by atoms with Crippen molar-refractivity contribution in [2.45, 2.75) is 31.2 Å². The Hall–Kier alpha value is -2.22. The minimum absolute atomic E-state index is 0.0211. The number of halogens is 1. The van der Waals surface area contributed by atoms with Crippen LogP contribution in [0.25, 0.3) is 0 Å². The average molecular weight is 449 g/mol. The van der Waals surface area contributed by atoms with Crippen LogP contribution in [0.15, 0.2) is 53.4 Å². The average Bonchev–Trinajstić information content (AvgIpc) is 2.75. The molecule has 8 heteroatoms. The van der Waals surface area contributed by atoms with Crippen LogP contribution < -0.4 is 0 Å². The zero-order valence-corrected chi connectivity index (χ0v) is 18.6. The zero-order chi connectivity index (χ0) is 21.9. The van der Waals surface area contributed by atoms with E-state index in [1.54, 1.807) is 24.1 Å². The van der Waals surface area contributed by atoms with Crippen molar-refractivity contribution in [3.8, 4) is 0 Å². The van der Waals surface area contributed by atoms with Crippen molar-refractivity contribution in [1.82, 2.24) is 9.21 Å². The Balaban J connectivity index is 1.59. The first-order valence-corrected chi connectivity index (χ1v) is 11.6. The quantitative estimate of drug-likeness (QED) is 0.633. The summed E-state index contributed by atoms with van der Waals surface area (Å²) in [6.45, 7) is 2.51. The molecule has 0 saturated carbocycles. The van der Waals surface area contributed by atoms with Gasteiger partial charge in [-0.3, -0.25) is 9.59 Å². The molecule has 0 aromatic heterocycles. The molecule has 1 fully saturated rings. The van der Waals surface area contributed by atoms with Crippen molar-refractivity contribution in [2.24, 2.45) is 5.92 Å².